The average molecular weight is 416 g/mol. The van der Waals surface area contributed by atoms with E-state index in [1.807, 2.05) is 30.3 Å². The van der Waals surface area contributed by atoms with E-state index in [1.165, 1.54) is 12.1 Å². The molecule has 0 unspecified atom stereocenters. The number of rotatable bonds is 6. The van der Waals surface area contributed by atoms with Gasteiger partial charge in [0.05, 0.1) is 19.2 Å². The minimum absolute atomic E-state index is 0.129. The van der Waals surface area contributed by atoms with E-state index in [0.717, 1.165) is 56.3 Å². The summed E-state index contributed by atoms with van der Waals surface area (Å²) in [7, 11) is 1.61. The SMILES string of the molecule is COc1cccc2c1C(=O)CN(CCCN1CCN(c3ccc(F)cc3)CC1)S2. The molecule has 1 fully saturated rings. The number of hydrogen-bond acceptors (Lipinski definition) is 6. The van der Waals surface area contributed by atoms with Crippen LogP contribution in [0.4, 0.5) is 10.1 Å². The topological polar surface area (TPSA) is 36.0 Å². The number of piperazine rings is 1. The summed E-state index contributed by atoms with van der Waals surface area (Å²) in [6.45, 7) is 6.24. The number of carbonyl (C=O) groups is 1. The number of fused-ring (bicyclic) bond motifs is 1. The quantitative estimate of drug-likeness (QED) is 0.672. The van der Waals surface area contributed by atoms with Gasteiger partial charge >= 0.3 is 0 Å². The maximum atomic E-state index is 13.1. The largest absolute Gasteiger partial charge is 0.496 e. The van der Waals surface area contributed by atoms with Crippen LogP contribution in [0, 0.1) is 5.82 Å². The molecule has 2 aromatic carbocycles. The molecule has 2 aliphatic rings. The fourth-order valence-corrected chi connectivity index (χ4v) is 5.05. The molecule has 0 bridgehead atoms. The fraction of sp³-hybridized carbons (Fsp3) is 0.409. The van der Waals surface area contributed by atoms with E-state index >= 15 is 0 Å². The monoisotopic (exact) mass is 415 g/mol. The summed E-state index contributed by atoms with van der Waals surface area (Å²) in [5, 5.41) is 0. The van der Waals surface area contributed by atoms with Crippen LogP contribution in [-0.2, 0) is 0 Å². The molecule has 2 heterocycles. The van der Waals surface area contributed by atoms with Gasteiger partial charge in [0.15, 0.2) is 5.78 Å². The standard InChI is InChI=1S/C22H26FN3O2S/c1-28-20-4-2-5-21-22(20)19(27)16-26(29-21)11-3-10-24-12-14-25(15-13-24)18-8-6-17(23)7-9-18/h2,4-9H,3,10-16H2,1H3. The Balaban J connectivity index is 1.23. The maximum Gasteiger partial charge on any atom is 0.182 e. The number of anilines is 1. The van der Waals surface area contributed by atoms with Crippen LogP contribution in [0.2, 0.25) is 0 Å². The molecule has 7 heteroatoms. The number of ketones is 1. The van der Waals surface area contributed by atoms with E-state index in [9.17, 15) is 9.18 Å². The van der Waals surface area contributed by atoms with Gasteiger partial charge in [-0.05, 0) is 61.3 Å². The van der Waals surface area contributed by atoms with Gasteiger partial charge in [-0.15, -0.1) is 0 Å². The molecule has 0 aromatic heterocycles. The molecule has 0 saturated carbocycles. The van der Waals surface area contributed by atoms with Gasteiger partial charge in [-0.25, -0.2) is 8.70 Å². The summed E-state index contributed by atoms with van der Waals surface area (Å²) in [4.78, 5) is 18.3. The van der Waals surface area contributed by atoms with Gasteiger partial charge in [0.1, 0.15) is 11.6 Å². The molecule has 29 heavy (non-hydrogen) atoms. The van der Waals surface area contributed by atoms with Crippen molar-refractivity contribution in [3.63, 3.8) is 0 Å². The Morgan fingerprint density at radius 1 is 1.03 bits per heavy atom. The lowest BCUT2D eigenvalue weighted by molar-refractivity contribution is 0.0957. The lowest BCUT2D eigenvalue weighted by Gasteiger charge is -2.36. The molecule has 0 radical (unpaired) electrons. The smallest absolute Gasteiger partial charge is 0.182 e. The maximum absolute atomic E-state index is 13.1. The van der Waals surface area contributed by atoms with Crippen LogP contribution in [0.25, 0.3) is 0 Å². The molecule has 0 amide bonds. The number of nitrogens with zero attached hydrogens (tertiary/aromatic N) is 3. The molecule has 0 atom stereocenters. The number of Topliss-reactive ketones (excluding diaryl/α,β-unsaturated/α-hetero) is 1. The number of halogens is 1. The van der Waals surface area contributed by atoms with E-state index in [2.05, 4.69) is 14.1 Å². The minimum atomic E-state index is -0.192. The van der Waals surface area contributed by atoms with Gasteiger partial charge < -0.3 is 9.64 Å². The molecule has 5 nitrogen and oxygen atoms in total. The Labute approximate surface area is 175 Å². The molecule has 0 spiro atoms. The Hall–Kier alpha value is -2.09. The van der Waals surface area contributed by atoms with E-state index in [0.29, 0.717) is 17.9 Å². The third-order valence-corrected chi connectivity index (χ3v) is 6.59. The van der Waals surface area contributed by atoms with Crippen molar-refractivity contribution in [1.29, 1.82) is 0 Å². The number of methoxy groups -OCH3 is 1. The molecular weight excluding hydrogens is 389 g/mol. The van der Waals surface area contributed by atoms with Crippen molar-refractivity contribution in [1.82, 2.24) is 9.21 Å². The number of benzene rings is 2. The highest BCUT2D eigenvalue weighted by molar-refractivity contribution is 7.97. The molecule has 2 aliphatic heterocycles. The first-order valence-corrected chi connectivity index (χ1v) is 10.8. The van der Waals surface area contributed by atoms with Crippen molar-refractivity contribution in [2.45, 2.75) is 11.3 Å². The van der Waals surface area contributed by atoms with Crippen LogP contribution in [-0.4, -0.2) is 67.9 Å². The normalized spacial score (nSPS) is 18.0. The predicted octanol–water partition coefficient (Wildman–Crippen LogP) is 3.55. The molecular formula is C22H26FN3O2S. The first-order valence-electron chi connectivity index (χ1n) is 10.00. The minimum Gasteiger partial charge on any atom is -0.496 e. The summed E-state index contributed by atoms with van der Waals surface area (Å²) in [6, 6.07) is 12.5. The zero-order valence-electron chi connectivity index (χ0n) is 16.6. The molecule has 0 aliphatic carbocycles. The summed E-state index contributed by atoms with van der Waals surface area (Å²) in [6.07, 6.45) is 1.02. The van der Waals surface area contributed by atoms with Crippen LogP contribution in [0.1, 0.15) is 16.8 Å². The third-order valence-electron chi connectivity index (χ3n) is 5.48. The average Bonchev–Trinajstić information content (AvgIpc) is 2.74. The lowest BCUT2D eigenvalue weighted by Crippen LogP contribution is -2.47. The second-order valence-corrected chi connectivity index (χ2v) is 8.51. The van der Waals surface area contributed by atoms with Crippen molar-refractivity contribution < 1.29 is 13.9 Å². The Kier molecular flexibility index (Phi) is 6.37. The Morgan fingerprint density at radius 3 is 2.52 bits per heavy atom. The van der Waals surface area contributed by atoms with E-state index in [4.69, 9.17) is 4.74 Å². The van der Waals surface area contributed by atoms with E-state index in [1.54, 1.807) is 19.1 Å². The van der Waals surface area contributed by atoms with Gasteiger partial charge in [-0.1, -0.05) is 6.07 Å². The van der Waals surface area contributed by atoms with Crippen LogP contribution < -0.4 is 9.64 Å². The molecule has 4 rings (SSSR count). The second kappa shape index (κ2) is 9.15. The molecule has 154 valence electrons. The van der Waals surface area contributed by atoms with Gasteiger partial charge in [-0.3, -0.25) is 9.69 Å². The van der Waals surface area contributed by atoms with Crippen molar-refractivity contribution in [3.05, 3.63) is 53.8 Å². The highest BCUT2D eigenvalue weighted by Crippen LogP contribution is 2.36. The first kappa shape index (κ1) is 20.2. The van der Waals surface area contributed by atoms with Gasteiger partial charge in [0.25, 0.3) is 0 Å². The summed E-state index contributed by atoms with van der Waals surface area (Å²) in [5.41, 5.74) is 1.80. The zero-order valence-corrected chi connectivity index (χ0v) is 17.5. The molecule has 0 N–H and O–H groups in total. The molecule has 1 saturated heterocycles. The fourth-order valence-electron chi connectivity index (χ4n) is 3.92. The third kappa shape index (κ3) is 4.74. The second-order valence-electron chi connectivity index (χ2n) is 7.37. The van der Waals surface area contributed by atoms with Crippen LogP contribution >= 0.6 is 11.9 Å². The zero-order chi connectivity index (χ0) is 20.2. The Morgan fingerprint density at radius 2 is 1.79 bits per heavy atom. The van der Waals surface area contributed by atoms with Crippen LogP contribution in [0.3, 0.4) is 0 Å². The summed E-state index contributed by atoms with van der Waals surface area (Å²) in [5.74, 6) is 0.602. The van der Waals surface area contributed by atoms with Crippen LogP contribution in [0.15, 0.2) is 47.4 Å². The predicted molar refractivity (Wildman–Crippen MR) is 114 cm³/mol. The molecule has 2 aromatic rings. The number of ether oxygens (including phenoxy) is 1. The lowest BCUT2D eigenvalue weighted by atomic mass is 10.1. The highest BCUT2D eigenvalue weighted by Gasteiger charge is 2.27. The Bertz CT molecular complexity index is 854. The number of hydrogen-bond donors (Lipinski definition) is 0. The van der Waals surface area contributed by atoms with Crippen molar-refractivity contribution >= 4 is 23.4 Å². The van der Waals surface area contributed by atoms with Gasteiger partial charge in [-0.2, -0.15) is 0 Å². The van der Waals surface area contributed by atoms with Gasteiger partial charge in [0, 0.05) is 43.3 Å². The van der Waals surface area contributed by atoms with E-state index in [-0.39, 0.29) is 11.6 Å². The van der Waals surface area contributed by atoms with E-state index < -0.39 is 0 Å². The first-order chi connectivity index (χ1) is 14.1. The number of carbonyl (C=O) groups excluding carboxylic acids is 1. The van der Waals surface area contributed by atoms with Crippen molar-refractivity contribution in [3.8, 4) is 5.75 Å². The van der Waals surface area contributed by atoms with Gasteiger partial charge in [0.2, 0.25) is 0 Å². The summed E-state index contributed by atoms with van der Waals surface area (Å²) < 4.78 is 20.6. The van der Waals surface area contributed by atoms with Crippen molar-refractivity contribution in [2.24, 2.45) is 0 Å². The van der Waals surface area contributed by atoms with Crippen LogP contribution in [0.5, 0.6) is 5.75 Å². The highest BCUT2D eigenvalue weighted by atomic mass is 32.2. The summed E-state index contributed by atoms with van der Waals surface area (Å²) >= 11 is 1.65. The van der Waals surface area contributed by atoms with Crippen molar-refractivity contribution in [2.75, 3.05) is 57.8 Å².